The van der Waals surface area contributed by atoms with Crippen molar-refractivity contribution in [3.05, 3.63) is 60.2 Å². The second-order valence-corrected chi connectivity index (χ2v) is 6.38. The lowest BCUT2D eigenvalue weighted by Crippen LogP contribution is -2.38. The Balaban J connectivity index is 1.51. The van der Waals surface area contributed by atoms with Crippen LogP contribution >= 0.6 is 0 Å². The first-order valence-corrected chi connectivity index (χ1v) is 8.73. The third-order valence-electron chi connectivity index (χ3n) is 4.60. The van der Waals surface area contributed by atoms with Gasteiger partial charge in [0.15, 0.2) is 0 Å². The molecule has 1 saturated heterocycles. The highest BCUT2D eigenvalue weighted by Gasteiger charge is 2.22. The molecule has 138 valence electrons. The average molecular weight is 360 g/mol. The molecular formula is C20H22F2N2O2. The van der Waals surface area contributed by atoms with Gasteiger partial charge in [-0.15, -0.1) is 0 Å². The predicted molar refractivity (Wildman–Crippen MR) is 96.6 cm³/mol. The quantitative estimate of drug-likeness (QED) is 0.843. The first kappa shape index (κ1) is 18.3. The summed E-state index contributed by atoms with van der Waals surface area (Å²) in [6, 6.07) is 16.6. The number of nitrogens with zero attached hydrogens (tertiary/aromatic N) is 1. The molecule has 1 aliphatic rings. The number of amides is 1. The molecule has 0 aliphatic carbocycles. The molecule has 0 radical (unpaired) electrons. The molecule has 6 heteroatoms. The van der Waals surface area contributed by atoms with Crippen LogP contribution in [0.5, 0.6) is 5.75 Å². The summed E-state index contributed by atoms with van der Waals surface area (Å²) in [7, 11) is 0. The normalized spacial score (nSPS) is 15.8. The smallest absolute Gasteiger partial charge is 0.387 e. The van der Waals surface area contributed by atoms with Gasteiger partial charge in [0, 0.05) is 0 Å². The van der Waals surface area contributed by atoms with Gasteiger partial charge in [0.05, 0.1) is 12.2 Å². The summed E-state index contributed by atoms with van der Waals surface area (Å²) in [4.78, 5) is 14.4. The van der Waals surface area contributed by atoms with Crippen molar-refractivity contribution in [2.75, 3.05) is 25.0 Å². The number of hydrogen-bond donors (Lipinski definition) is 1. The Kier molecular flexibility index (Phi) is 6.17. The van der Waals surface area contributed by atoms with E-state index >= 15 is 0 Å². The van der Waals surface area contributed by atoms with E-state index in [1.165, 1.54) is 11.6 Å². The van der Waals surface area contributed by atoms with E-state index in [9.17, 15) is 13.6 Å². The lowest BCUT2D eigenvalue weighted by molar-refractivity contribution is -0.117. The van der Waals surface area contributed by atoms with Gasteiger partial charge in [0.2, 0.25) is 5.91 Å². The fourth-order valence-corrected chi connectivity index (χ4v) is 3.31. The average Bonchev–Trinajstić information content (AvgIpc) is 2.64. The molecule has 1 N–H and O–H groups in total. The van der Waals surface area contributed by atoms with Crippen molar-refractivity contribution in [3.63, 3.8) is 0 Å². The number of nitrogens with one attached hydrogen (secondary N) is 1. The summed E-state index contributed by atoms with van der Waals surface area (Å²) in [6.45, 7) is -1.01. The van der Waals surface area contributed by atoms with Crippen molar-refractivity contribution in [1.29, 1.82) is 0 Å². The van der Waals surface area contributed by atoms with Crippen LogP contribution in [0.15, 0.2) is 54.6 Å². The molecule has 0 unspecified atom stereocenters. The maximum Gasteiger partial charge on any atom is 0.387 e. The van der Waals surface area contributed by atoms with Crippen LogP contribution in [0.1, 0.15) is 24.3 Å². The van der Waals surface area contributed by atoms with Gasteiger partial charge in [-0.25, -0.2) is 0 Å². The molecule has 2 aromatic rings. The number of alkyl halides is 2. The minimum absolute atomic E-state index is 0.0290. The molecule has 1 fully saturated rings. The molecule has 0 saturated carbocycles. The minimum Gasteiger partial charge on any atom is -0.433 e. The van der Waals surface area contributed by atoms with Crippen molar-refractivity contribution in [2.45, 2.75) is 25.4 Å². The molecule has 1 aliphatic heterocycles. The number of likely N-dealkylation sites (tertiary alicyclic amines) is 1. The van der Waals surface area contributed by atoms with Crippen molar-refractivity contribution in [2.24, 2.45) is 0 Å². The Morgan fingerprint density at radius 2 is 1.73 bits per heavy atom. The van der Waals surface area contributed by atoms with E-state index in [0.717, 1.165) is 25.9 Å². The van der Waals surface area contributed by atoms with Gasteiger partial charge in [-0.3, -0.25) is 9.69 Å². The Hall–Kier alpha value is -2.47. The molecule has 0 spiro atoms. The molecular weight excluding hydrogens is 338 g/mol. The first-order chi connectivity index (χ1) is 12.6. The van der Waals surface area contributed by atoms with Crippen LogP contribution in [0.25, 0.3) is 0 Å². The molecule has 3 rings (SSSR count). The molecule has 1 amide bonds. The standard InChI is InChI=1S/C20H22F2N2O2/c21-20(22)26-18-9-5-4-8-17(18)23-19(25)14-24-12-10-16(11-13-24)15-6-2-1-3-7-15/h1-9,16,20H,10-14H2,(H,23,25). The van der Waals surface area contributed by atoms with E-state index in [0.29, 0.717) is 5.92 Å². The molecule has 1 heterocycles. The Morgan fingerprint density at radius 1 is 1.08 bits per heavy atom. The number of halogens is 2. The zero-order valence-corrected chi connectivity index (χ0v) is 14.4. The third kappa shape index (κ3) is 5.02. The summed E-state index contributed by atoms with van der Waals surface area (Å²) in [6.07, 6.45) is 2.00. The number of carbonyl (C=O) groups is 1. The molecule has 0 atom stereocenters. The Labute approximate surface area is 151 Å². The van der Waals surface area contributed by atoms with Crippen LogP contribution < -0.4 is 10.1 Å². The molecule has 26 heavy (non-hydrogen) atoms. The van der Waals surface area contributed by atoms with E-state index in [-0.39, 0.29) is 23.9 Å². The van der Waals surface area contributed by atoms with Crippen molar-refractivity contribution in [1.82, 2.24) is 4.90 Å². The molecule has 0 aromatic heterocycles. The molecule has 4 nitrogen and oxygen atoms in total. The lowest BCUT2D eigenvalue weighted by atomic mass is 9.89. The van der Waals surface area contributed by atoms with Crippen LogP contribution in [-0.2, 0) is 4.79 Å². The van der Waals surface area contributed by atoms with E-state index in [4.69, 9.17) is 0 Å². The summed E-state index contributed by atoms with van der Waals surface area (Å²) in [5.74, 6) is 0.266. The van der Waals surface area contributed by atoms with Crippen LogP contribution in [0.3, 0.4) is 0 Å². The van der Waals surface area contributed by atoms with Gasteiger partial charge in [-0.2, -0.15) is 8.78 Å². The second-order valence-electron chi connectivity index (χ2n) is 6.38. The summed E-state index contributed by atoms with van der Waals surface area (Å²) < 4.78 is 29.3. The summed E-state index contributed by atoms with van der Waals surface area (Å²) >= 11 is 0. The fourth-order valence-electron chi connectivity index (χ4n) is 3.31. The number of benzene rings is 2. The third-order valence-corrected chi connectivity index (χ3v) is 4.60. The van der Waals surface area contributed by atoms with E-state index in [2.05, 4.69) is 27.1 Å². The summed E-state index contributed by atoms with van der Waals surface area (Å²) in [5.41, 5.74) is 1.60. The topological polar surface area (TPSA) is 41.6 Å². The minimum atomic E-state index is -2.93. The number of ether oxygens (including phenoxy) is 1. The zero-order chi connectivity index (χ0) is 18.4. The highest BCUT2D eigenvalue weighted by molar-refractivity contribution is 5.93. The van der Waals surface area contributed by atoms with Gasteiger partial charge in [0.25, 0.3) is 0 Å². The first-order valence-electron chi connectivity index (χ1n) is 8.73. The van der Waals surface area contributed by atoms with Crippen LogP contribution in [0.4, 0.5) is 14.5 Å². The highest BCUT2D eigenvalue weighted by atomic mass is 19.3. The van der Waals surface area contributed by atoms with Gasteiger partial charge in [0.1, 0.15) is 5.75 Å². The Bertz CT molecular complexity index is 717. The number of rotatable bonds is 6. The van der Waals surface area contributed by atoms with Gasteiger partial charge in [-0.1, -0.05) is 42.5 Å². The largest absolute Gasteiger partial charge is 0.433 e. The maximum atomic E-state index is 12.4. The van der Waals surface area contributed by atoms with E-state index in [1.807, 2.05) is 18.2 Å². The van der Waals surface area contributed by atoms with E-state index < -0.39 is 6.61 Å². The second kappa shape index (κ2) is 8.76. The van der Waals surface area contributed by atoms with Gasteiger partial charge >= 0.3 is 6.61 Å². The van der Waals surface area contributed by atoms with E-state index in [1.54, 1.807) is 18.2 Å². The SMILES string of the molecule is O=C(CN1CCC(c2ccccc2)CC1)Nc1ccccc1OC(F)F. The number of anilines is 1. The lowest BCUT2D eigenvalue weighted by Gasteiger charge is -2.31. The van der Waals surface area contributed by atoms with Crippen LogP contribution in [0.2, 0.25) is 0 Å². The van der Waals surface area contributed by atoms with Crippen molar-refractivity contribution < 1.29 is 18.3 Å². The monoisotopic (exact) mass is 360 g/mol. The Morgan fingerprint density at radius 3 is 2.42 bits per heavy atom. The fraction of sp³-hybridized carbons (Fsp3) is 0.350. The number of piperidine rings is 1. The maximum absolute atomic E-state index is 12.4. The predicted octanol–water partition coefficient (Wildman–Crippen LogP) is 4.11. The zero-order valence-electron chi connectivity index (χ0n) is 14.4. The number of para-hydroxylation sites is 2. The summed E-state index contributed by atoms with van der Waals surface area (Å²) in [5, 5.41) is 2.67. The van der Waals surface area contributed by atoms with Crippen molar-refractivity contribution >= 4 is 11.6 Å². The van der Waals surface area contributed by atoms with Gasteiger partial charge in [-0.05, 0) is 49.5 Å². The molecule has 0 bridgehead atoms. The number of hydrogen-bond acceptors (Lipinski definition) is 3. The highest BCUT2D eigenvalue weighted by Crippen LogP contribution is 2.28. The number of carbonyl (C=O) groups excluding carboxylic acids is 1. The van der Waals surface area contributed by atoms with Crippen molar-refractivity contribution in [3.8, 4) is 5.75 Å². The van der Waals surface area contributed by atoms with Crippen LogP contribution in [-0.4, -0.2) is 37.1 Å². The molecule has 2 aromatic carbocycles. The van der Waals surface area contributed by atoms with Gasteiger partial charge < -0.3 is 10.1 Å². The van der Waals surface area contributed by atoms with Crippen LogP contribution in [0, 0.1) is 0 Å².